The molecule has 157 valence electrons. The van der Waals surface area contributed by atoms with Gasteiger partial charge in [0.05, 0.1) is 9.77 Å². The number of sulfonamides is 1. The number of hydrogen-bond acceptors (Lipinski definition) is 5. The highest BCUT2D eigenvalue weighted by atomic mass is 32.2. The second kappa shape index (κ2) is 8.83. The molecule has 1 fully saturated rings. The number of aromatic nitrogens is 1. The lowest BCUT2D eigenvalue weighted by Crippen LogP contribution is -2.39. The van der Waals surface area contributed by atoms with E-state index >= 15 is 0 Å². The lowest BCUT2D eigenvalue weighted by atomic mass is 9.98. The molecule has 0 atom stereocenters. The van der Waals surface area contributed by atoms with Gasteiger partial charge in [0.25, 0.3) is 0 Å². The molecule has 2 aromatic carbocycles. The maximum Gasteiger partial charge on any atom is 0.243 e. The van der Waals surface area contributed by atoms with Crippen molar-refractivity contribution in [3.05, 3.63) is 66.1 Å². The Morgan fingerprint density at radius 1 is 1.27 bits per heavy atom. The minimum atomic E-state index is -3.65. The molecule has 3 aromatic rings. The number of piperidine rings is 1. The fraction of sp³-hybridized carbons (Fsp3) is 0.318. The predicted molar refractivity (Wildman–Crippen MR) is 117 cm³/mol. The van der Waals surface area contributed by atoms with E-state index in [1.807, 2.05) is 25.3 Å². The van der Waals surface area contributed by atoms with Crippen molar-refractivity contribution in [3.8, 4) is 10.4 Å². The Hall–Kier alpha value is -2.29. The molecule has 0 amide bonds. The zero-order valence-corrected chi connectivity index (χ0v) is 18.3. The Balaban J connectivity index is 1.31. The van der Waals surface area contributed by atoms with Crippen LogP contribution in [0, 0.1) is 24.7 Å². The molecule has 0 saturated carbocycles. The molecule has 1 N–H and O–H groups in total. The molecule has 0 unspecified atom stereocenters. The van der Waals surface area contributed by atoms with E-state index in [9.17, 15) is 12.8 Å². The predicted octanol–water partition coefficient (Wildman–Crippen LogP) is 4.57. The number of rotatable bonds is 6. The van der Waals surface area contributed by atoms with Crippen LogP contribution in [0.25, 0.3) is 10.4 Å². The average molecular weight is 445 g/mol. The van der Waals surface area contributed by atoms with Crippen molar-refractivity contribution in [3.63, 3.8) is 0 Å². The number of hydrogen-bond donors (Lipinski definition) is 1. The number of thiazole rings is 1. The molecule has 1 saturated heterocycles. The smallest absolute Gasteiger partial charge is 0.243 e. The number of halogens is 1. The largest absolute Gasteiger partial charge is 0.361 e. The molecule has 1 aromatic heterocycles. The summed E-state index contributed by atoms with van der Waals surface area (Å²) in [5.41, 5.74) is 2.23. The number of aryl methyl sites for hydroxylation is 1. The van der Waals surface area contributed by atoms with Crippen molar-refractivity contribution < 1.29 is 12.8 Å². The van der Waals surface area contributed by atoms with Gasteiger partial charge in [-0.25, -0.2) is 17.8 Å². The molecule has 5 nitrogen and oxygen atoms in total. The van der Waals surface area contributed by atoms with E-state index < -0.39 is 15.8 Å². The monoisotopic (exact) mass is 444 g/mol. The van der Waals surface area contributed by atoms with Gasteiger partial charge in [0.1, 0.15) is 5.82 Å². The fourth-order valence-electron chi connectivity index (χ4n) is 3.59. The van der Waals surface area contributed by atoms with E-state index in [4.69, 9.17) is 0 Å². The summed E-state index contributed by atoms with van der Waals surface area (Å²) in [4.78, 5) is 5.58. The minimum absolute atomic E-state index is 0.0168. The van der Waals surface area contributed by atoms with E-state index in [0.29, 0.717) is 19.0 Å². The maximum absolute atomic E-state index is 13.4. The average Bonchev–Trinajstić information content (AvgIpc) is 3.22. The van der Waals surface area contributed by atoms with Crippen molar-refractivity contribution in [2.45, 2.75) is 24.7 Å². The topological polar surface area (TPSA) is 62.3 Å². The summed E-state index contributed by atoms with van der Waals surface area (Å²) >= 11 is 1.61. The molecular formula is C22H23FN3O2S2. The van der Waals surface area contributed by atoms with Gasteiger partial charge in [-0.15, -0.1) is 0 Å². The number of benzene rings is 2. The Morgan fingerprint density at radius 3 is 2.80 bits per heavy atom. The van der Waals surface area contributed by atoms with Crippen LogP contribution in [0.4, 0.5) is 9.52 Å². The summed E-state index contributed by atoms with van der Waals surface area (Å²) in [6.45, 7) is 3.65. The highest BCUT2D eigenvalue weighted by Gasteiger charge is 2.29. The summed E-state index contributed by atoms with van der Waals surface area (Å²) in [6, 6.07) is 14.4. The Bertz CT molecular complexity index is 1120. The molecule has 1 aliphatic rings. The molecule has 0 bridgehead atoms. The van der Waals surface area contributed by atoms with E-state index in [1.54, 1.807) is 11.3 Å². The van der Waals surface area contributed by atoms with Crippen molar-refractivity contribution in [2.75, 3.05) is 25.0 Å². The van der Waals surface area contributed by atoms with Crippen LogP contribution in [0.2, 0.25) is 0 Å². The van der Waals surface area contributed by atoms with Gasteiger partial charge >= 0.3 is 0 Å². The molecule has 1 aliphatic heterocycles. The van der Waals surface area contributed by atoms with Gasteiger partial charge < -0.3 is 5.32 Å². The first-order valence-corrected chi connectivity index (χ1v) is 12.1. The van der Waals surface area contributed by atoms with Crippen LogP contribution >= 0.6 is 11.3 Å². The van der Waals surface area contributed by atoms with Gasteiger partial charge in [-0.3, -0.25) is 0 Å². The van der Waals surface area contributed by atoms with E-state index in [1.165, 1.54) is 22.5 Å². The normalized spacial score (nSPS) is 15.9. The molecular weight excluding hydrogens is 421 g/mol. The third kappa shape index (κ3) is 4.71. The second-order valence-corrected chi connectivity index (χ2v) is 10.4. The third-order valence-electron chi connectivity index (χ3n) is 5.29. The Kier molecular flexibility index (Phi) is 6.17. The summed E-state index contributed by atoms with van der Waals surface area (Å²) in [5.74, 6) is -0.174. The highest BCUT2D eigenvalue weighted by molar-refractivity contribution is 7.89. The number of nitrogens with zero attached hydrogens (tertiary/aromatic N) is 2. The van der Waals surface area contributed by atoms with Crippen LogP contribution in [0.15, 0.2) is 53.6 Å². The van der Waals surface area contributed by atoms with E-state index in [-0.39, 0.29) is 4.90 Å². The highest BCUT2D eigenvalue weighted by Crippen LogP contribution is 2.30. The first-order chi connectivity index (χ1) is 14.4. The maximum atomic E-state index is 13.4. The summed E-state index contributed by atoms with van der Waals surface area (Å²) in [6.07, 6.45) is 3.39. The lowest BCUT2D eigenvalue weighted by Gasteiger charge is -2.31. The van der Waals surface area contributed by atoms with Crippen molar-refractivity contribution in [2.24, 2.45) is 5.92 Å². The molecule has 8 heteroatoms. The first-order valence-electron chi connectivity index (χ1n) is 9.86. The fourth-order valence-corrected chi connectivity index (χ4v) is 5.91. The molecule has 1 radical (unpaired) electrons. The number of anilines is 1. The molecule has 0 aliphatic carbocycles. The quantitative estimate of drug-likeness (QED) is 0.605. The van der Waals surface area contributed by atoms with Crippen molar-refractivity contribution >= 4 is 26.5 Å². The van der Waals surface area contributed by atoms with Crippen molar-refractivity contribution in [1.29, 1.82) is 0 Å². The van der Waals surface area contributed by atoms with Gasteiger partial charge in [-0.05, 0) is 67.1 Å². The van der Waals surface area contributed by atoms with Gasteiger partial charge in [0.2, 0.25) is 10.0 Å². The Morgan fingerprint density at radius 2 is 2.07 bits per heavy atom. The third-order valence-corrected chi connectivity index (χ3v) is 8.18. The molecule has 30 heavy (non-hydrogen) atoms. The van der Waals surface area contributed by atoms with E-state index in [0.717, 1.165) is 46.6 Å². The standard InChI is InChI=1S/C22H23FN3O2S2/c1-16-4-2-5-18(12-16)21-15-25-22(29-21)24-14-17-8-10-26(11-9-17)30(27,28)20-7-3-6-19(23)13-20/h2-3,5-7,12-13,15,17H,8-11,14H2,1H3,(H,24,25). The first kappa shape index (κ1) is 21.0. The SMILES string of the molecule is Cc1[c]ccc(-c2cnc(NCC3CCN(S(=O)(=O)c4cccc(F)c4)CC3)s2)c1. The van der Waals surface area contributed by atoms with Gasteiger partial charge in [0.15, 0.2) is 5.13 Å². The molecule has 2 heterocycles. The Labute approximate surface area is 180 Å². The lowest BCUT2D eigenvalue weighted by molar-refractivity contribution is 0.282. The zero-order valence-electron chi connectivity index (χ0n) is 16.6. The second-order valence-electron chi connectivity index (χ2n) is 7.48. The number of nitrogens with one attached hydrogen (secondary N) is 1. The van der Waals surface area contributed by atoms with Crippen LogP contribution < -0.4 is 5.32 Å². The van der Waals surface area contributed by atoms with Gasteiger partial charge in [-0.1, -0.05) is 29.5 Å². The summed E-state index contributed by atoms with van der Waals surface area (Å²) in [5, 5.41) is 4.26. The summed E-state index contributed by atoms with van der Waals surface area (Å²) < 4.78 is 40.3. The summed E-state index contributed by atoms with van der Waals surface area (Å²) in [7, 11) is -3.65. The van der Waals surface area contributed by atoms with Gasteiger partial charge in [-0.2, -0.15) is 4.31 Å². The van der Waals surface area contributed by atoms with Crippen LogP contribution in [-0.2, 0) is 10.0 Å². The zero-order chi connectivity index (χ0) is 21.1. The van der Waals surface area contributed by atoms with Crippen LogP contribution in [0.5, 0.6) is 0 Å². The minimum Gasteiger partial charge on any atom is -0.361 e. The molecule has 4 rings (SSSR count). The van der Waals surface area contributed by atoms with Crippen LogP contribution in [-0.4, -0.2) is 37.3 Å². The van der Waals surface area contributed by atoms with Crippen molar-refractivity contribution in [1.82, 2.24) is 9.29 Å². The van der Waals surface area contributed by atoms with E-state index in [2.05, 4.69) is 22.4 Å². The van der Waals surface area contributed by atoms with Gasteiger partial charge in [0, 0.05) is 25.8 Å². The van der Waals surface area contributed by atoms with Crippen LogP contribution in [0.1, 0.15) is 18.4 Å². The van der Waals surface area contributed by atoms with Crippen LogP contribution in [0.3, 0.4) is 0 Å². The molecule has 0 spiro atoms.